The lowest BCUT2D eigenvalue weighted by atomic mass is 10.2. The van der Waals surface area contributed by atoms with Gasteiger partial charge in [-0.3, -0.25) is 10.1 Å². The van der Waals surface area contributed by atoms with Crippen LogP contribution < -0.4 is 4.74 Å². The van der Waals surface area contributed by atoms with Crippen molar-refractivity contribution in [3.05, 3.63) is 34.4 Å². The number of benzene rings is 1. The van der Waals surface area contributed by atoms with Crippen LogP contribution in [0.1, 0.15) is 26.7 Å². The summed E-state index contributed by atoms with van der Waals surface area (Å²) in [6.07, 6.45) is 1.91. The minimum absolute atomic E-state index is 0.0103. The number of ether oxygens (including phenoxy) is 1. The lowest BCUT2D eigenvalue weighted by Crippen LogP contribution is -2.11. The van der Waals surface area contributed by atoms with Gasteiger partial charge in [0.25, 0.3) is 0 Å². The van der Waals surface area contributed by atoms with Crippen molar-refractivity contribution >= 4 is 5.69 Å². The second-order valence-corrected chi connectivity index (χ2v) is 3.44. The van der Waals surface area contributed by atoms with Crippen LogP contribution in [0.4, 0.5) is 5.69 Å². The zero-order chi connectivity index (χ0) is 11.3. The van der Waals surface area contributed by atoms with Crippen LogP contribution in [0, 0.1) is 10.1 Å². The molecule has 0 spiro atoms. The van der Waals surface area contributed by atoms with E-state index in [0.717, 1.165) is 12.8 Å². The van der Waals surface area contributed by atoms with Crippen molar-refractivity contribution in [3.63, 3.8) is 0 Å². The summed E-state index contributed by atoms with van der Waals surface area (Å²) in [5.74, 6) is 0.350. The number of nitrogens with zero attached hydrogens (tertiary/aromatic N) is 1. The standard InChI is InChI=1S/C11H15NO3/c1-3-6-9(2)15-11-8-5-4-7-10(11)12(13)14/h4-5,7-9H,3,6H2,1-2H3. The van der Waals surface area contributed by atoms with E-state index in [0.29, 0.717) is 5.75 Å². The van der Waals surface area contributed by atoms with Gasteiger partial charge in [-0.15, -0.1) is 0 Å². The number of para-hydroxylation sites is 2. The number of nitro groups is 1. The Morgan fingerprint density at radius 3 is 2.73 bits per heavy atom. The Balaban J connectivity index is 2.79. The molecule has 1 aromatic rings. The van der Waals surface area contributed by atoms with Gasteiger partial charge in [-0.1, -0.05) is 25.5 Å². The SMILES string of the molecule is CCCC(C)Oc1ccccc1[N+](=O)[O-]. The van der Waals surface area contributed by atoms with E-state index in [4.69, 9.17) is 4.74 Å². The zero-order valence-electron chi connectivity index (χ0n) is 8.97. The molecule has 0 heterocycles. The van der Waals surface area contributed by atoms with Crippen molar-refractivity contribution < 1.29 is 9.66 Å². The molecule has 0 bridgehead atoms. The minimum atomic E-state index is -0.423. The molecule has 0 saturated heterocycles. The van der Waals surface area contributed by atoms with Gasteiger partial charge in [0.1, 0.15) is 0 Å². The molecule has 0 radical (unpaired) electrons. The molecule has 0 aliphatic rings. The topological polar surface area (TPSA) is 52.4 Å². The summed E-state index contributed by atoms with van der Waals surface area (Å²) in [6.45, 7) is 3.97. The molecular formula is C11H15NO3. The zero-order valence-corrected chi connectivity index (χ0v) is 8.97. The molecular weight excluding hydrogens is 194 g/mol. The van der Waals surface area contributed by atoms with Crippen LogP contribution in [-0.4, -0.2) is 11.0 Å². The van der Waals surface area contributed by atoms with Crippen LogP contribution in [0.25, 0.3) is 0 Å². The van der Waals surface area contributed by atoms with Crippen molar-refractivity contribution in [1.29, 1.82) is 0 Å². The van der Waals surface area contributed by atoms with E-state index in [1.165, 1.54) is 6.07 Å². The van der Waals surface area contributed by atoms with Gasteiger partial charge in [0.2, 0.25) is 0 Å². The first kappa shape index (κ1) is 11.5. The number of hydrogen-bond acceptors (Lipinski definition) is 3. The number of rotatable bonds is 5. The van der Waals surface area contributed by atoms with E-state index < -0.39 is 4.92 Å². The lowest BCUT2D eigenvalue weighted by Gasteiger charge is -2.13. The number of nitro benzene ring substituents is 1. The van der Waals surface area contributed by atoms with Gasteiger partial charge in [-0.2, -0.15) is 0 Å². The van der Waals surface area contributed by atoms with Crippen LogP contribution >= 0.6 is 0 Å². The smallest absolute Gasteiger partial charge is 0.310 e. The van der Waals surface area contributed by atoms with Gasteiger partial charge < -0.3 is 4.74 Å². The van der Waals surface area contributed by atoms with Crippen molar-refractivity contribution in [2.45, 2.75) is 32.8 Å². The third-order valence-electron chi connectivity index (χ3n) is 2.09. The summed E-state index contributed by atoms with van der Waals surface area (Å²) in [5.41, 5.74) is 0.0282. The summed E-state index contributed by atoms with van der Waals surface area (Å²) >= 11 is 0. The summed E-state index contributed by atoms with van der Waals surface area (Å²) in [4.78, 5) is 10.3. The van der Waals surface area contributed by atoms with Crippen LogP contribution in [-0.2, 0) is 0 Å². The third kappa shape index (κ3) is 3.23. The quantitative estimate of drug-likeness (QED) is 0.552. The Labute approximate surface area is 89.0 Å². The van der Waals surface area contributed by atoms with Gasteiger partial charge in [0.05, 0.1) is 11.0 Å². The van der Waals surface area contributed by atoms with Crippen molar-refractivity contribution in [3.8, 4) is 5.75 Å². The van der Waals surface area contributed by atoms with E-state index in [1.54, 1.807) is 18.2 Å². The summed E-state index contributed by atoms with van der Waals surface area (Å²) in [5, 5.41) is 10.7. The maximum absolute atomic E-state index is 10.7. The van der Waals surface area contributed by atoms with E-state index in [2.05, 4.69) is 6.92 Å². The average Bonchev–Trinajstić information content (AvgIpc) is 2.18. The van der Waals surface area contributed by atoms with E-state index in [1.807, 2.05) is 6.92 Å². The molecule has 1 rings (SSSR count). The first-order chi connectivity index (χ1) is 7.15. The summed E-state index contributed by atoms with van der Waals surface area (Å²) in [6, 6.07) is 6.45. The van der Waals surface area contributed by atoms with Crippen LogP contribution in [0.5, 0.6) is 5.75 Å². The Hall–Kier alpha value is -1.58. The first-order valence-corrected chi connectivity index (χ1v) is 5.05. The Bertz CT molecular complexity index is 338. The maximum atomic E-state index is 10.7. The number of hydrogen-bond donors (Lipinski definition) is 0. The molecule has 0 fully saturated rings. The highest BCUT2D eigenvalue weighted by Gasteiger charge is 2.15. The van der Waals surface area contributed by atoms with Crippen molar-refractivity contribution in [2.75, 3.05) is 0 Å². The molecule has 0 aromatic heterocycles. The molecule has 0 amide bonds. The second-order valence-electron chi connectivity index (χ2n) is 3.44. The monoisotopic (exact) mass is 209 g/mol. The fraction of sp³-hybridized carbons (Fsp3) is 0.455. The first-order valence-electron chi connectivity index (χ1n) is 5.05. The van der Waals surface area contributed by atoms with Gasteiger partial charge in [-0.05, 0) is 19.4 Å². The summed E-state index contributed by atoms with van der Waals surface area (Å²) in [7, 11) is 0. The molecule has 0 N–H and O–H groups in total. The molecule has 0 aliphatic carbocycles. The average molecular weight is 209 g/mol. The van der Waals surface area contributed by atoms with Crippen molar-refractivity contribution in [2.24, 2.45) is 0 Å². The minimum Gasteiger partial charge on any atom is -0.484 e. The molecule has 0 saturated carbocycles. The predicted octanol–water partition coefficient (Wildman–Crippen LogP) is 3.16. The molecule has 1 aromatic carbocycles. The lowest BCUT2D eigenvalue weighted by molar-refractivity contribution is -0.386. The Morgan fingerprint density at radius 1 is 1.47 bits per heavy atom. The van der Waals surface area contributed by atoms with Gasteiger partial charge in [0, 0.05) is 6.07 Å². The normalized spacial score (nSPS) is 12.1. The van der Waals surface area contributed by atoms with E-state index in [-0.39, 0.29) is 11.8 Å². The third-order valence-corrected chi connectivity index (χ3v) is 2.09. The highest BCUT2D eigenvalue weighted by atomic mass is 16.6. The molecule has 82 valence electrons. The molecule has 4 nitrogen and oxygen atoms in total. The molecule has 4 heteroatoms. The van der Waals surface area contributed by atoms with Crippen LogP contribution in [0.2, 0.25) is 0 Å². The second kappa shape index (κ2) is 5.34. The molecule has 1 atom stereocenters. The summed E-state index contributed by atoms with van der Waals surface area (Å²) < 4.78 is 5.51. The fourth-order valence-corrected chi connectivity index (χ4v) is 1.39. The largest absolute Gasteiger partial charge is 0.484 e. The van der Waals surface area contributed by atoms with Crippen LogP contribution in [0.3, 0.4) is 0 Å². The van der Waals surface area contributed by atoms with E-state index >= 15 is 0 Å². The maximum Gasteiger partial charge on any atom is 0.310 e. The van der Waals surface area contributed by atoms with Gasteiger partial charge >= 0.3 is 5.69 Å². The highest BCUT2D eigenvalue weighted by molar-refractivity contribution is 5.45. The van der Waals surface area contributed by atoms with Crippen molar-refractivity contribution in [1.82, 2.24) is 0 Å². The Morgan fingerprint density at radius 2 is 2.13 bits per heavy atom. The molecule has 15 heavy (non-hydrogen) atoms. The fourth-order valence-electron chi connectivity index (χ4n) is 1.39. The highest BCUT2D eigenvalue weighted by Crippen LogP contribution is 2.27. The molecule has 1 unspecified atom stereocenters. The Kier molecular flexibility index (Phi) is 4.09. The molecule has 0 aliphatic heterocycles. The van der Waals surface area contributed by atoms with Gasteiger partial charge in [-0.25, -0.2) is 0 Å². The predicted molar refractivity (Wildman–Crippen MR) is 58.1 cm³/mol. The van der Waals surface area contributed by atoms with Crippen LogP contribution in [0.15, 0.2) is 24.3 Å². The van der Waals surface area contributed by atoms with E-state index in [9.17, 15) is 10.1 Å². The van der Waals surface area contributed by atoms with Gasteiger partial charge in [0.15, 0.2) is 5.75 Å².